The molecule has 0 saturated heterocycles. The Morgan fingerprint density at radius 3 is 2.41 bits per heavy atom. The highest BCUT2D eigenvalue weighted by atomic mass is 35.5. The van der Waals surface area contributed by atoms with Gasteiger partial charge in [0.05, 0.1) is 17.7 Å². The molecule has 0 radical (unpaired) electrons. The molecule has 0 fully saturated rings. The van der Waals surface area contributed by atoms with Gasteiger partial charge in [-0.3, -0.25) is 0 Å². The number of nitriles is 1. The van der Waals surface area contributed by atoms with Gasteiger partial charge in [0.25, 0.3) is 0 Å². The third-order valence-electron chi connectivity index (χ3n) is 2.30. The molecular formula is C11H10ClF2NO2. The maximum atomic E-state index is 13.0. The predicted molar refractivity (Wildman–Crippen MR) is 57.4 cm³/mol. The van der Waals surface area contributed by atoms with E-state index >= 15 is 0 Å². The van der Waals surface area contributed by atoms with Gasteiger partial charge in [0.1, 0.15) is 6.10 Å². The molecule has 0 heterocycles. The van der Waals surface area contributed by atoms with Crippen molar-refractivity contribution in [2.45, 2.75) is 18.6 Å². The van der Waals surface area contributed by atoms with Crippen molar-refractivity contribution >= 4 is 11.6 Å². The summed E-state index contributed by atoms with van der Waals surface area (Å²) in [5.74, 6) is -2.26. The summed E-state index contributed by atoms with van der Waals surface area (Å²) < 4.78 is 25.9. The second kappa shape index (κ2) is 5.92. The second-order valence-corrected chi connectivity index (χ2v) is 3.83. The molecule has 2 N–H and O–H groups in total. The molecule has 0 aliphatic heterocycles. The molecule has 0 spiro atoms. The van der Waals surface area contributed by atoms with E-state index in [4.69, 9.17) is 16.9 Å². The molecule has 0 bridgehead atoms. The molecule has 2 unspecified atom stereocenters. The fraction of sp³-hybridized carbons (Fsp3) is 0.364. The van der Waals surface area contributed by atoms with Crippen molar-refractivity contribution in [2.24, 2.45) is 0 Å². The molecule has 0 amide bonds. The van der Waals surface area contributed by atoms with Gasteiger partial charge in [0, 0.05) is 11.4 Å². The van der Waals surface area contributed by atoms with E-state index in [1.54, 1.807) is 6.07 Å². The lowest BCUT2D eigenvalue weighted by atomic mass is 9.97. The zero-order valence-electron chi connectivity index (χ0n) is 8.70. The number of alkyl halides is 1. The number of hydrogen-bond donors (Lipinski definition) is 2. The molecule has 6 heteroatoms. The molecule has 92 valence electrons. The molecule has 0 aromatic heterocycles. The zero-order valence-corrected chi connectivity index (χ0v) is 9.46. The Balaban J connectivity index is 3.13. The largest absolute Gasteiger partial charge is 0.390 e. The first-order valence-corrected chi connectivity index (χ1v) is 5.35. The van der Waals surface area contributed by atoms with Crippen LogP contribution in [0, 0.1) is 23.0 Å². The van der Waals surface area contributed by atoms with Gasteiger partial charge in [0.2, 0.25) is 0 Å². The van der Waals surface area contributed by atoms with Gasteiger partial charge in [-0.1, -0.05) is 0 Å². The Bertz CT molecular complexity index is 448. The lowest BCUT2D eigenvalue weighted by molar-refractivity contribution is 0.0166. The number of aliphatic hydroxyl groups excluding tert-OH is 2. The van der Waals surface area contributed by atoms with Crippen LogP contribution in [0.25, 0.3) is 0 Å². The summed E-state index contributed by atoms with van der Waals surface area (Å²) in [6.07, 6.45) is -2.63. The number of halogens is 3. The van der Waals surface area contributed by atoms with Gasteiger partial charge in [-0.25, -0.2) is 8.78 Å². The SMILES string of the molecule is N#Cc1cc(F)c(F)cc1C(O)C(O)CCCl. The Morgan fingerprint density at radius 2 is 1.88 bits per heavy atom. The van der Waals surface area contributed by atoms with Crippen LogP contribution in [0.3, 0.4) is 0 Å². The average Bonchev–Trinajstić information content (AvgIpc) is 2.31. The fourth-order valence-electron chi connectivity index (χ4n) is 1.38. The molecule has 0 saturated carbocycles. The van der Waals surface area contributed by atoms with E-state index in [0.29, 0.717) is 12.1 Å². The Kier molecular flexibility index (Phi) is 4.82. The van der Waals surface area contributed by atoms with Crippen molar-refractivity contribution < 1.29 is 19.0 Å². The average molecular weight is 262 g/mol. The molecular weight excluding hydrogens is 252 g/mol. The summed E-state index contributed by atoms with van der Waals surface area (Å²) in [6.45, 7) is 0. The van der Waals surface area contributed by atoms with E-state index in [1.165, 1.54) is 0 Å². The Morgan fingerprint density at radius 1 is 1.29 bits per heavy atom. The van der Waals surface area contributed by atoms with E-state index in [0.717, 1.165) is 0 Å². The van der Waals surface area contributed by atoms with Crippen molar-refractivity contribution in [3.05, 3.63) is 34.9 Å². The minimum absolute atomic E-state index is 0.0760. The van der Waals surface area contributed by atoms with Crippen LogP contribution >= 0.6 is 11.6 Å². The van der Waals surface area contributed by atoms with E-state index < -0.39 is 23.8 Å². The molecule has 0 aliphatic rings. The first-order chi connectivity index (χ1) is 8.01. The summed E-state index contributed by atoms with van der Waals surface area (Å²) in [4.78, 5) is 0. The van der Waals surface area contributed by atoms with E-state index in [9.17, 15) is 19.0 Å². The zero-order chi connectivity index (χ0) is 13.0. The van der Waals surface area contributed by atoms with Crippen LogP contribution in [0.15, 0.2) is 12.1 Å². The van der Waals surface area contributed by atoms with Gasteiger partial charge in [-0.2, -0.15) is 5.26 Å². The lowest BCUT2D eigenvalue weighted by Gasteiger charge is -2.18. The first-order valence-electron chi connectivity index (χ1n) is 4.82. The molecule has 1 rings (SSSR count). The van der Waals surface area contributed by atoms with Crippen LogP contribution in [0.4, 0.5) is 8.78 Å². The van der Waals surface area contributed by atoms with Crippen molar-refractivity contribution in [3.63, 3.8) is 0 Å². The summed E-state index contributed by atoms with van der Waals surface area (Å²) in [5, 5.41) is 27.9. The van der Waals surface area contributed by atoms with Gasteiger partial charge in [-0.15, -0.1) is 11.6 Å². The van der Waals surface area contributed by atoms with Gasteiger partial charge in [0.15, 0.2) is 11.6 Å². The normalized spacial score (nSPS) is 14.1. The van der Waals surface area contributed by atoms with E-state index in [2.05, 4.69) is 0 Å². The van der Waals surface area contributed by atoms with Crippen LogP contribution in [0.5, 0.6) is 0 Å². The summed E-state index contributed by atoms with van der Waals surface area (Å²) in [7, 11) is 0. The quantitative estimate of drug-likeness (QED) is 0.813. The fourth-order valence-corrected chi connectivity index (χ4v) is 1.60. The number of benzene rings is 1. The van der Waals surface area contributed by atoms with Crippen LogP contribution < -0.4 is 0 Å². The smallest absolute Gasteiger partial charge is 0.160 e. The molecule has 1 aromatic carbocycles. The standard InChI is InChI=1S/C11H10ClF2NO2/c12-2-1-10(16)11(17)7-4-9(14)8(13)3-6(7)5-15/h3-4,10-11,16-17H,1-2H2. The van der Waals surface area contributed by atoms with Gasteiger partial charge >= 0.3 is 0 Å². The lowest BCUT2D eigenvalue weighted by Crippen LogP contribution is -2.20. The van der Waals surface area contributed by atoms with Crippen LogP contribution in [-0.4, -0.2) is 22.2 Å². The van der Waals surface area contributed by atoms with Crippen LogP contribution in [0.2, 0.25) is 0 Å². The molecule has 0 aliphatic carbocycles. The minimum atomic E-state index is -1.47. The summed E-state index contributed by atoms with van der Waals surface area (Å²) in [6, 6.07) is 3.02. The Labute approximate surface area is 102 Å². The summed E-state index contributed by atoms with van der Waals surface area (Å²) in [5.41, 5.74) is -0.367. The van der Waals surface area contributed by atoms with E-state index in [1.807, 2.05) is 0 Å². The van der Waals surface area contributed by atoms with Crippen molar-refractivity contribution in [3.8, 4) is 6.07 Å². The van der Waals surface area contributed by atoms with Crippen molar-refractivity contribution in [2.75, 3.05) is 5.88 Å². The highest BCUT2D eigenvalue weighted by molar-refractivity contribution is 6.17. The second-order valence-electron chi connectivity index (χ2n) is 3.46. The molecule has 1 aromatic rings. The number of hydrogen-bond acceptors (Lipinski definition) is 3. The Hall–Kier alpha value is -1.22. The third kappa shape index (κ3) is 3.13. The van der Waals surface area contributed by atoms with Gasteiger partial charge < -0.3 is 10.2 Å². The van der Waals surface area contributed by atoms with Gasteiger partial charge in [-0.05, 0) is 18.6 Å². The van der Waals surface area contributed by atoms with Crippen molar-refractivity contribution in [1.82, 2.24) is 0 Å². The minimum Gasteiger partial charge on any atom is -0.390 e. The number of rotatable bonds is 4. The first kappa shape index (κ1) is 13.8. The highest BCUT2D eigenvalue weighted by Crippen LogP contribution is 2.25. The molecule has 3 nitrogen and oxygen atoms in total. The summed E-state index contributed by atoms with van der Waals surface area (Å²) >= 11 is 5.39. The van der Waals surface area contributed by atoms with Crippen LogP contribution in [0.1, 0.15) is 23.7 Å². The monoisotopic (exact) mass is 261 g/mol. The van der Waals surface area contributed by atoms with Crippen molar-refractivity contribution in [1.29, 1.82) is 5.26 Å². The predicted octanol–water partition coefficient (Wildman–Crippen LogP) is 1.86. The number of aliphatic hydroxyl groups is 2. The topological polar surface area (TPSA) is 64.2 Å². The molecule has 17 heavy (non-hydrogen) atoms. The van der Waals surface area contributed by atoms with Crippen LogP contribution in [-0.2, 0) is 0 Å². The maximum absolute atomic E-state index is 13.0. The number of nitrogens with zero attached hydrogens (tertiary/aromatic N) is 1. The highest BCUT2D eigenvalue weighted by Gasteiger charge is 2.22. The maximum Gasteiger partial charge on any atom is 0.160 e. The van der Waals surface area contributed by atoms with E-state index in [-0.39, 0.29) is 23.4 Å². The third-order valence-corrected chi connectivity index (χ3v) is 2.52. The molecule has 2 atom stereocenters.